The first-order valence-corrected chi connectivity index (χ1v) is 3.34. The standard InChI is InChI=1S/C7H7BO4/c1-11-6-2-4-7(5-3-6)12-8(9)10/h2-5H,1H3/q-2. The highest BCUT2D eigenvalue weighted by Gasteiger charge is 1.91. The zero-order valence-corrected chi connectivity index (χ0v) is 6.52. The molecule has 0 heterocycles. The molecule has 0 N–H and O–H groups in total. The van der Waals surface area contributed by atoms with Crippen LogP contribution >= 0.6 is 0 Å². The van der Waals surface area contributed by atoms with Crippen molar-refractivity contribution < 1.29 is 19.4 Å². The van der Waals surface area contributed by atoms with Gasteiger partial charge in [-0.15, -0.1) is 0 Å². The van der Waals surface area contributed by atoms with Gasteiger partial charge in [0.15, 0.2) is 0 Å². The van der Waals surface area contributed by atoms with E-state index < -0.39 is 7.32 Å². The van der Waals surface area contributed by atoms with E-state index in [1.54, 1.807) is 12.1 Å². The molecule has 1 rings (SSSR count). The van der Waals surface area contributed by atoms with Crippen LogP contribution in [0.2, 0.25) is 0 Å². The summed E-state index contributed by atoms with van der Waals surface area (Å²) in [5.41, 5.74) is 0. The van der Waals surface area contributed by atoms with Crippen molar-refractivity contribution in [2.45, 2.75) is 0 Å². The van der Waals surface area contributed by atoms with Gasteiger partial charge in [0.05, 0.1) is 12.9 Å². The van der Waals surface area contributed by atoms with Gasteiger partial charge in [0, 0.05) is 0 Å². The summed E-state index contributed by atoms with van der Waals surface area (Å²) in [6.07, 6.45) is 0. The van der Waals surface area contributed by atoms with E-state index in [9.17, 15) is 10.0 Å². The van der Waals surface area contributed by atoms with Crippen molar-refractivity contribution in [1.29, 1.82) is 0 Å². The molecule has 0 aromatic heterocycles. The van der Waals surface area contributed by atoms with Crippen LogP contribution in [0.5, 0.6) is 11.5 Å². The fraction of sp³-hybridized carbons (Fsp3) is 0.143. The summed E-state index contributed by atoms with van der Waals surface area (Å²) in [5, 5.41) is 20.1. The SMILES string of the molecule is COc1ccc(OB([O-])[O-])cc1. The quantitative estimate of drug-likeness (QED) is 0.527. The van der Waals surface area contributed by atoms with Crippen LogP contribution in [0.1, 0.15) is 0 Å². The lowest BCUT2D eigenvalue weighted by atomic mass is 10.2. The fourth-order valence-electron chi connectivity index (χ4n) is 0.765. The second-order valence-electron chi connectivity index (χ2n) is 2.08. The average Bonchev–Trinajstić information content (AvgIpc) is 2.05. The van der Waals surface area contributed by atoms with E-state index in [4.69, 9.17) is 4.74 Å². The predicted molar refractivity (Wildman–Crippen MR) is 39.4 cm³/mol. The van der Waals surface area contributed by atoms with Crippen LogP contribution < -0.4 is 19.4 Å². The second-order valence-corrected chi connectivity index (χ2v) is 2.08. The van der Waals surface area contributed by atoms with Gasteiger partial charge >= 0.3 is 0 Å². The number of benzene rings is 1. The third-order valence-electron chi connectivity index (χ3n) is 1.29. The molecule has 0 aliphatic rings. The van der Waals surface area contributed by atoms with Crippen molar-refractivity contribution in [3.63, 3.8) is 0 Å². The topological polar surface area (TPSA) is 64.6 Å². The third kappa shape index (κ3) is 2.45. The average molecular weight is 166 g/mol. The van der Waals surface area contributed by atoms with Crippen molar-refractivity contribution >= 4 is 7.32 Å². The van der Waals surface area contributed by atoms with Gasteiger partial charge in [0.25, 0.3) is 0 Å². The minimum atomic E-state index is -2.28. The van der Waals surface area contributed by atoms with Gasteiger partial charge in [-0.2, -0.15) is 0 Å². The Labute approximate surface area is 70.5 Å². The zero-order valence-electron chi connectivity index (χ0n) is 6.52. The maximum Gasteiger partial charge on any atom is 0.133 e. The molecule has 1 aromatic carbocycles. The van der Waals surface area contributed by atoms with Crippen LogP contribution in [0, 0.1) is 0 Å². The highest BCUT2D eigenvalue weighted by atomic mass is 16.6. The van der Waals surface area contributed by atoms with Gasteiger partial charge in [-0.3, -0.25) is 0 Å². The Kier molecular flexibility index (Phi) is 2.96. The molecule has 0 radical (unpaired) electrons. The lowest BCUT2D eigenvalue weighted by Crippen LogP contribution is -2.50. The smallest absolute Gasteiger partial charge is 0.133 e. The van der Waals surface area contributed by atoms with Crippen molar-refractivity contribution in [2.24, 2.45) is 0 Å². The first-order valence-electron chi connectivity index (χ1n) is 3.34. The number of hydrogen-bond donors (Lipinski definition) is 0. The highest BCUT2D eigenvalue weighted by Crippen LogP contribution is 2.16. The van der Waals surface area contributed by atoms with Crippen molar-refractivity contribution in [2.75, 3.05) is 7.11 Å². The van der Waals surface area contributed by atoms with Gasteiger partial charge in [-0.05, 0) is 24.3 Å². The number of rotatable bonds is 3. The van der Waals surface area contributed by atoms with E-state index in [1.807, 2.05) is 0 Å². The highest BCUT2D eigenvalue weighted by molar-refractivity contribution is 6.29. The van der Waals surface area contributed by atoms with E-state index in [1.165, 1.54) is 19.2 Å². The molecule has 0 bridgehead atoms. The Bertz CT molecular complexity index is 234. The monoisotopic (exact) mass is 166 g/mol. The minimum Gasteiger partial charge on any atom is -0.860 e. The second kappa shape index (κ2) is 3.99. The van der Waals surface area contributed by atoms with Crippen LogP contribution in [0.15, 0.2) is 24.3 Å². The van der Waals surface area contributed by atoms with Crippen LogP contribution in [0.4, 0.5) is 0 Å². The molecule has 0 spiro atoms. The zero-order chi connectivity index (χ0) is 8.97. The number of hydrogen-bond acceptors (Lipinski definition) is 4. The molecule has 64 valence electrons. The molecule has 0 fully saturated rings. The molecule has 12 heavy (non-hydrogen) atoms. The van der Waals surface area contributed by atoms with Gasteiger partial charge < -0.3 is 19.4 Å². The molecule has 0 saturated heterocycles. The summed E-state index contributed by atoms with van der Waals surface area (Å²) in [4.78, 5) is 0. The Morgan fingerprint density at radius 1 is 1.08 bits per heavy atom. The molecule has 0 saturated carbocycles. The van der Waals surface area contributed by atoms with E-state index in [-0.39, 0.29) is 5.75 Å². The van der Waals surface area contributed by atoms with Crippen LogP contribution in [0.25, 0.3) is 0 Å². The molecular formula is C7H7BO4-2. The first kappa shape index (κ1) is 8.90. The lowest BCUT2D eigenvalue weighted by molar-refractivity contribution is -0.372. The maximum atomic E-state index is 10.0. The van der Waals surface area contributed by atoms with Gasteiger partial charge in [-0.25, -0.2) is 0 Å². The van der Waals surface area contributed by atoms with Crippen molar-refractivity contribution in [3.05, 3.63) is 24.3 Å². The van der Waals surface area contributed by atoms with Crippen LogP contribution in [-0.2, 0) is 0 Å². The fourth-order valence-corrected chi connectivity index (χ4v) is 0.765. The van der Waals surface area contributed by atoms with Gasteiger partial charge in [-0.1, -0.05) is 0 Å². The molecule has 0 atom stereocenters. The van der Waals surface area contributed by atoms with Gasteiger partial charge in [0.1, 0.15) is 13.1 Å². The summed E-state index contributed by atoms with van der Waals surface area (Å²) in [5.74, 6) is 0.904. The first-order chi connectivity index (χ1) is 5.72. The van der Waals surface area contributed by atoms with Gasteiger partial charge in [0.2, 0.25) is 0 Å². The lowest BCUT2D eigenvalue weighted by Gasteiger charge is -2.26. The molecule has 0 aliphatic carbocycles. The normalized spacial score (nSPS) is 9.25. The van der Waals surface area contributed by atoms with E-state index in [0.29, 0.717) is 5.75 Å². The predicted octanol–water partition coefficient (Wildman–Crippen LogP) is -1.22. The summed E-state index contributed by atoms with van der Waals surface area (Å²) >= 11 is 0. The van der Waals surface area contributed by atoms with Crippen molar-refractivity contribution in [3.8, 4) is 11.5 Å². The molecule has 0 aliphatic heterocycles. The largest absolute Gasteiger partial charge is 0.860 e. The van der Waals surface area contributed by atoms with Crippen LogP contribution in [-0.4, -0.2) is 14.4 Å². The minimum absolute atomic E-state index is 0.255. The summed E-state index contributed by atoms with van der Waals surface area (Å²) in [6, 6.07) is 6.22. The molecule has 0 unspecified atom stereocenters. The third-order valence-corrected chi connectivity index (χ3v) is 1.29. The van der Waals surface area contributed by atoms with Crippen molar-refractivity contribution in [1.82, 2.24) is 0 Å². The van der Waals surface area contributed by atoms with E-state index >= 15 is 0 Å². The summed E-state index contributed by atoms with van der Waals surface area (Å²) < 4.78 is 9.21. The Balaban J connectivity index is 2.65. The molecular weight excluding hydrogens is 159 g/mol. The molecule has 1 aromatic rings. The summed E-state index contributed by atoms with van der Waals surface area (Å²) in [7, 11) is -0.752. The Morgan fingerprint density at radius 2 is 1.58 bits per heavy atom. The molecule has 5 heteroatoms. The van der Waals surface area contributed by atoms with E-state index in [0.717, 1.165) is 0 Å². The number of ether oxygens (including phenoxy) is 1. The van der Waals surface area contributed by atoms with E-state index in [2.05, 4.69) is 4.65 Å². The molecule has 4 nitrogen and oxygen atoms in total. The molecule has 0 amide bonds. The Hall–Kier alpha value is -1.20. The Morgan fingerprint density at radius 3 is 2.00 bits per heavy atom. The number of methoxy groups -OCH3 is 1. The maximum absolute atomic E-state index is 10.0. The summed E-state index contributed by atoms with van der Waals surface area (Å²) in [6.45, 7) is 0. The van der Waals surface area contributed by atoms with Crippen LogP contribution in [0.3, 0.4) is 0 Å².